The second-order valence-electron chi connectivity index (χ2n) is 4.25. The number of hydrogen-bond acceptors (Lipinski definition) is 5. The predicted octanol–water partition coefficient (Wildman–Crippen LogP) is 0.690. The third kappa shape index (κ3) is 3.43. The van der Waals surface area contributed by atoms with Crippen LogP contribution in [0, 0.1) is 0 Å². The van der Waals surface area contributed by atoms with Crippen LogP contribution in [0.3, 0.4) is 0 Å². The summed E-state index contributed by atoms with van der Waals surface area (Å²) in [6.45, 7) is 3.85. The van der Waals surface area contributed by atoms with E-state index >= 15 is 0 Å². The highest BCUT2D eigenvalue weighted by molar-refractivity contribution is 7.99. The van der Waals surface area contributed by atoms with Crippen molar-refractivity contribution in [3.05, 3.63) is 12.2 Å². The zero-order chi connectivity index (χ0) is 12.1. The van der Waals surface area contributed by atoms with Gasteiger partial charge in [0, 0.05) is 30.5 Å². The molecule has 5 nitrogen and oxygen atoms in total. The van der Waals surface area contributed by atoms with Gasteiger partial charge < -0.3 is 10.5 Å². The van der Waals surface area contributed by atoms with Gasteiger partial charge >= 0.3 is 0 Å². The summed E-state index contributed by atoms with van der Waals surface area (Å²) in [5.41, 5.74) is 6.19. The largest absolute Gasteiger partial charge is 0.375 e. The van der Waals surface area contributed by atoms with Crippen LogP contribution in [0.1, 0.15) is 19.2 Å². The van der Waals surface area contributed by atoms with E-state index in [2.05, 4.69) is 17.0 Å². The first kappa shape index (κ1) is 12.9. The van der Waals surface area contributed by atoms with Crippen LogP contribution in [0.15, 0.2) is 6.33 Å². The van der Waals surface area contributed by atoms with Gasteiger partial charge in [0.2, 0.25) is 0 Å². The van der Waals surface area contributed by atoms with E-state index in [4.69, 9.17) is 10.5 Å². The van der Waals surface area contributed by atoms with Crippen LogP contribution in [0.25, 0.3) is 0 Å². The molecule has 2 unspecified atom stereocenters. The smallest absolute Gasteiger partial charge is 0.138 e. The second-order valence-corrected chi connectivity index (χ2v) is 5.40. The van der Waals surface area contributed by atoms with E-state index in [0.29, 0.717) is 0 Å². The van der Waals surface area contributed by atoms with Gasteiger partial charge in [-0.15, -0.1) is 0 Å². The fourth-order valence-electron chi connectivity index (χ4n) is 1.94. The summed E-state index contributed by atoms with van der Waals surface area (Å²) in [7, 11) is 0. The topological polar surface area (TPSA) is 66.0 Å². The van der Waals surface area contributed by atoms with Crippen molar-refractivity contribution in [2.45, 2.75) is 38.5 Å². The Kier molecular flexibility index (Phi) is 4.82. The van der Waals surface area contributed by atoms with E-state index in [1.807, 2.05) is 16.4 Å². The van der Waals surface area contributed by atoms with Crippen molar-refractivity contribution in [1.82, 2.24) is 14.8 Å². The molecule has 0 bridgehead atoms. The molecule has 0 aromatic carbocycles. The van der Waals surface area contributed by atoms with Crippen molar-refractivity contribution < 1.29 is 4.74 Å². The molecule has 1 aliphatic heterocycles. The Morgan fingerprint density at radius 3 is 3.29 bits per heavy atom. The number of rotatable bonds is 5. The summed E-state index contributed by atoms with van der Waals surface area (Å²) in [4.78, 5) is 4.28. The number of thioether (sulfide) groups is 1. The van der Waals surface area contributed by atoms with Crippen molar-refractivity contribution in [1.29, 1.82) is 0 Å². The molecule has 0 spiro atoms. The van der Waals surface area contributed by atoms with Crippen LogP contribution in [0.2, 0.25) is 0 Å². The van der Waals surface area contributed by atoms with E-state index in [0.717, 1.165) is 43.3 Å². The molecule has 96 valence electrons. The van der Waals surface area contributed by atoms with Gasteiger partial charge in [0.25, 0.3) is 0 Å². The summed E-state index contributed by atoms with van der Waals surface area (Å²) in [6, 6.07) is 0.0163. The summed E-state index contributed by atoms with van der Waals surface area (Å²) in [5, 5.41) is 4.21. The lowest BCUT2D eigenvalue weighted by atomic mass is 10.1. The van der Waals surface area contributed by atoms with Gasteiger partial charge in [-0.05, 0) is 6.42 Å². The first-order valence-corrected chi connectivity index (χ1v) is 7.28. The molecule has 2 N–H and O–H groups in total. The number of aryl methyl sites for hydroxylation is 1. The summed E-state index contributed by atoms with van der Waals surface area (Å²) in [6.07, 6.45) is 3.56. The maximum absolute atomic E-state index is 6.19. The molecule has 0 amide bonds. The highest BCUT2D eigenvalue weighted by Crippen LogP contribution is 2.16. The first-order chi connectivity index (χ1) is 8.31. The first-order valence-electron chi connectivity index (χ1n) is 6.13. The standard InChI is InChI=1S/C11H20N4OS/c1-2-3-15-11(13-8-14-15)6-9(12)10-7-17-5-4-16-10/h8-10H,2-7,12H2,1H3. The van der Waals surface area contributed by atoms with Gasteiger partial charge in [-0.3, -0.25) is 4.68 Å². The van der Waals surface area contributed by atoms with Crippen molar-refractivity contribution in [2.75, 3.05) is 18.1 Å². The number of nitrogens with zero attached hydrogens (tertiary/aromatic N) is 3. The molecule has 0 radical (unpaired) electrons. The molecule has 2 rings (SSSR count). The van der Waals surface area contributed by atoms with Gasteiger partial charge in [-0.2, -0.15) is 16.9 Å². The fourth-order valence-corrected chi connectivity index (χ4v) is 2.90. The zero-order valence-corrected chi connectivity index (χ0v) is 11.0. The van der Waals surface area contributed by atoms with E-state index in [9.17, 15) is 0 Å². The van der Waals surface area contributed by atoms with Crippen molar-refractivity contribution in [3.63, 3.8) is 0 Å². The lowest BCUT2D eigenvalue weighted by Gasteiger charge is -2.27. The molecule has 17 heavy (non-hydrogen) atoms. The molecule has 6 heteroatoms. The maximum Gasteiger partial charge on any atom is 0.138 e. The molecule has 1 saturated heterocycles. The average molecular weight is 256 g/mol. The molecular weight excluding hydrogens is 236 g/mol. The van der Waals surface area contributed by atoms with E-state index < -0.39 is 0 Å². The minimum atomic E-state index is 0.0163. The van der Waals surface area contributed by atoms with Crippen molar-refractivity contribution in [3.8, 4) is 0 Å². The third-order valence-corrected chi connectivity index (χ3v) is 3.89. The van der Waals surface area contributed by atoms with Gasteiger partial charge in [0.1, 0.15) is 12.2 Å². The Labute approximate surface area is 106 Å². The Balaban J connectivity index is 1.92. The second kappa shape index (κ2) is 6.37. The Bertz CT molecular complexity index is 338. The number of aromatic nitrogens is 3. The van der Waals surface area contributed by atoms with E-state index in [-0.39, 0.29) is 12.1 Å². The Hall–Kier alpha value is -0.590. The Morgan fingerprint density at radius 1 is 1.71 bits per heavy atom. The molecule has 2 atom stereocenters. The van der Waals surface area contributed by atoms with Crippen LogP contribution in [-0.4, -0.2) is 45.0 Å². The van der Waals surface area contributed by atoms with Gasteiger partial charge in [0.15, 0.2) is 0 Å². The van der Waals surface area contributed by atoms with Gasteiger partial charge in [-0.25, -0.2) is 4.98 Å². The molecular formula is C11H20N4OS. The van der Waals surface area contributed by atoms with Crippen molar-refractivity contribution >= 4 is 11.8 Å². The average Bonchev–Trinajstić information content (AvgIpc) is 2.78. The SMILES string of the molecule is CCCn1ncnc1CC(N)C1CSCCO1. The number of hydrogen-bond donors (Lipinski definition) is 1. The minimum Gasteiger partial charge on any atom is -0.375 e. The van der Waals surface area contributed by atoms with Crippen LogP contribution >= 0.6 is 11.8 Å². The Morgan fingerprint density at radius 2 is 2.59 bits per heavy atom. The van der Waals surface area contributed by atoms with Crippen LogP contribution < -0.4 is 5.73 Å². The molecule has 1 fully saturated rings. The molecule has 0 saturated carbocycles. The minimum absolute atomic E-state index is 0.0163. The molecule has 0 aliphatic carbocycles. The highest BCUT2D eigenvalue weighted by Gasteiger charge is 2.23. The molecule has 2 heterocycles. The zero-order valence-electron chi connectivity index (χ0n) is 10.2. The van der Waals surface area contributed by atoms with Crippen LogP contribution in [-0.2, 0) is 17.7 Å². The van der Waals surface area contributed by atoms with Crippen molar-refractivity contribution in [2.24, 2.45) is 5.73 Å². The quantitative estimate of drug-likeness (QED) is 0.839. The lowest BCUT2D eigenvalue weighted by molar-refractivity contribution is 0.0565. The van der Waals surface area contributed by atoms with Gasteiger partial charge in [-0.1, -0.05) is 6.92 Å². The summed E-state index contributed by atoms with van der Waals surface area (Å²) in [5.74, 6) is 3.04. The molecule has 1 aromatic heterocycles. The summed E-state index contributed by atoms with van der Waals surface area (Å²) < 4.78 is 7.63. The summed E-state index contributed by atoms with van der Waals surface area (Å²) >= 11 is 1.91. The molecule has 1 aliphatic rings. The van der Waals surface area contributed by atoms with E-state index in [1.165, 1.54) is 0 Å². The highest BCUT2D eigenvalue weighted by atomic mass is 32.2. The fraction of sp³-hybridized carbons (Fsp3) is 0.818. The normalized spacial score (nSPS) is 22.6. The number of ether oxygens (including phenoxy) is 1. The number of nitrogens with two attached hydrogens (primary N) is 1. The maximum atomic E-state index is 6.19. The predicted molar refractivity (Wildman–Crippen MR) is 69.1 cm³/mol. The van der Waals surface area contributed by atoms with Gasteiger partial charge in [0.05, 0.1) is 12.7 Å². The monoisotopic (exact) mass is 256 g/mol. The van der Waals surface area contributed by atoms with Crippen LogP contribution in [0.5, 0.6) is 0 Å². The molecule has 1 aromatic rings. The van der Waals surface area contributed by atoms with E-state index in [1.54, 1.807) is 6.33 Å². The lowest BCUT2D eigenvalue weighted by Crippen LogP contribution is -2.43. The van der Waals surface area contributed by atoms with Crippen LogP contribution in [0.4, 0.5) is 0 Å². The third-order valence-electron chi connectivity index (χ3n) is 2.87.